The zero-order chi connectivity index (χ0) is 26.9. The van der Waals surface area contributed by atoms with Crippen molar-refractivity contribution in [3.8, 4) is 16.9 Å². The van der Waals surface area contributed by atoms with Crippen LogP contribution < -0.4 is 15.4 Å². The highest BCUT2D eigenvalue weighted by atomic mass is 16.5. The number of rotatable bonds is 9. The third-order valence-electron chi connectivity index (χ3n) is 8.41. The average Bonchev–Trinajstić information content (AvgIpc) is 3.01. The van der Waals surface area contributed by atoms with Crippen molar-refractivity contribution < 1.29 is 9.53 Å². The number of urea groups is 1. The molecule has 0 bridgehead atoms. The zero-order valence-electron chi connectivity index (χ0n) is 23.3. The molecule has 0 atom stereocenters. The predicted molar refractivity (Wildman–Crippen MR) is 160 cm³/mol. The largest absolute Gasteiger partial charge is 0.497 e. The Labute approximate surface area is 234 Å². The minimum atomic E-state index is -0.0337. The number of hydrogen-bond donors (Lipinski definition) is 2. The molecule has 5 rings (SSSR count). The molecule has 2 aliphatic rings. The Morgan fingerprint density at radius 1 is 0.744 bits per heavy atom. The van der Waals surface area contributed by atoms with E-state index in [9.17, 15) is 4.79 Å². The molecule has 2 amide bonds. The maximum Gasteiger partial charge on any atom is 0.322 e. The first-order chi connectivity index (χ1) is 19.2. The van der Waals surface area contributed by atoms with Crippen LogP contribution >= 0.6 is 0 Å². The molecule has 5 heteroatoms. The van der Waals surface area contributed by atoms with Gasteiger partial charge in [-0.1, -0.05) is 87.1 Å². The van der Waals surface area contributed by atoms with Crippen molar-refractivity contribution in [1.29, 1.82) is 0 Å². The molecule has 0 spiro atoms. The highest BCUT2D eigenvalue weighted by Crippen LogP contribution is 2.27. The number of nitrogens with one attached hydrogen (secondary N) is 2. The highest BCUT2D eigenvalue weighted by molar-refractivity contribution is 5.89. The second-order valence-electron chi connectivity index (χ2n) is 11.2. The molecule has 0 unspecified atom stereocenters. The van der Waals surface area contributed by atoms with Crippen LogP contribution in [0.25, 0.3) is 11.1 Å². The fourth-order valence-electron chi connectivity index (χ4n) is 6.01. The minimum absolute atomic E-state index is 0.0337. The number of benzene rings is 3. The van der Waals surface area contributed by atoms with Crippen LogP contribution in [-0.2, 0) is 13.1 Å². The van der Waals surface area contributed by atoms with Crippen LogP contribution in [0.4, 0.5) is 10.5 Å². The van der Waals surface area contributed by atoms with Crippen molar-refractivity contribution in [2.24, 2.45) is 0 Å². The van der Waals surface area contributed by atoms with Crippen molar-refractivity contribution in [2.45, 2.75) is 89.4 Å². The summed E-state index contributed by atoms with van der Waals surface area (Å²) in [6, 6.07) is 26.1. The van der Waals surface area contributed by atoms with Gasteiger partial charge in [0.1, 0.15) is 5.75 Å². The fourth-order valence-corrected chi connectivity index (χ4v) is 6.01. The van der Waals surface area contributed by atoms with Crippen LogP contribution in [0, 0.1) is 0 Å². The summed E-state index contributed by atoms with van der Waals surface area (Å²) < 4.78 is 5.25. The number of anilines is 1. The lowest BCUT2D eigenvalue weighted by Gasteiger charge is -2.34. The molecule has 0 radical (unpaired) electrons. The molecule has 2 aliphatic carbocycles. The van der Waals surface area contributed by atoms with Crippen molar-refractivity contribution in [1.82, 2.24) is 10.2 Å². The van der Waals surface area contributed by atoms with E-state index in [2.05, 4.69) is 59.2 Å². The molecule has 0 aliphatic heterocycles. The number of carbonyl (C=O) groups is 1. The van der Waals surface area contributed by atoms with E-state index in [1.165, 1.54) is 68.1 Å². The summed E-state index contributed by atoms with van der Waals surface area (Å²) in [5, 5.41) is 6.85. The third-order valence-corrected chi connectivity index (χ3v) is 8.41. The second kappa shape index (κ2) is 13.7. The Morgan fingerprint density at radius 3 is 1.90 bits per heavy atom. The van der Waals surface area contributed by atoms with E-state index >= 15 is 0 Å². The van der Waals surface area contributed by atoms with Gasteiger partial charge in [0.05, 0.1) is 7.11 Å². The average molecular weight is 526 g/mol. The van der Waals surface area contributed by atoms with E-state index in [0.29, 0.717) is 12.6 Å². The van der Waals surface area contributed by atoms with Crippen LogP contribution in [0.15, 0.2) is 72.8 Å². The minimum Gasteiger partial charge on any atom is -0.497 e. The van der Waals surface area contributed by atoms with Gasteiger partial charge in [0.2, 0.25) is 0 Å². The second-order valence-corrected chi connectivity index (χ2v) is 11.2. The molecule has 206 valence electrons. The summed E-state index contributed by atoms with van der Waals surface area (Å²) in [4.78, 5) is 15.5. The molecule has 2 N–H and O–H groups in total. The first kappa shape index (κ1) is 27.3. The molecule has 39 heavy (non-hydrogen) atoms. The number of amides is 2. The Hall–Kier alpha value is -3.31. The monoisotopic (exact) mass is 525 g/mol. The Balaban J connectivity index is 1.21. The van der Waals surface area contributed by atoms with Gasteiger partial charge in [-0.3, -0.25) is 0 Å². The van der Waals surface area contributed by atoms with Crippen LogP contribution in [0.3, 0.4) is 0 Å². The summed E-state index contributed by atoms with van der Waals surface area (Å²) in [6.07, 6.45) is 12.5. The molecule has 2 saturated carbocycles. The lowest BCUT2D eigenvalue weighted by molar-refractivity contribution is 0.163. The molecule has 0 aromatic heterocycles. The number of carbonyl (C=O) groups excluding carboxylic acids is 1. The van der Waals surface area contributed by atoms with E-state index < -0.39 is 0 Å². The molecule has 2 fully saturated rings. The summed E-state index contributed by atoms with van der Waals surface area (Å²) in [7, 11) is 1.65. The molecule has 3 aromatic carbocycles. The maximum atomic E-state index is 13.4. The van der Waals surface area contributed by atoms with Gasteiger partial charge in [0.25, 0.3) is 0 Å². The van der Waals surface area contributed by atoms with Gasteiger partial charge in [-0.25, -0.2) is 4.79 Å². The van der Waals surface area contributed by atoms with Gasteiger partial charge >= 0.3 is 6.03 Å². The number of hydrogen-bond acceptors (Lipinski definition) is 3. The van der Waals surface area contributed by atoms with Gasteiger partial charge in [0, 0.05) is 30.9 Å². The van der Waals surface area contributed by atoms with Crippen molar-refractivity contribution in [2.75, 3.05) is 12.4 Å². The van der Waals surface area contributed by atoms with Crippen LogP contribution in [0.2, 0.25) is 0 Å². The molecule has 5 nitrogen and oxygen atoms in total. The quantitative estimate of drug-likeness (QED) is 0.296. The Kier molecular flexibility index (Phi) is 9.55. The van der Waals surface area contributed by atoms with Crippen LogP contribution in [-0.4, -0.2) is 30.1 Å². The summed E-state index contributed by atoms with van der Waals surface area (Å²) in [5.74, 6) is 0.781. The first-order valence-corrected chi connectivity index (χ1v) is 14.8. The smallest absolute Gasteiger partial charge is 0.322 e. The van der Waals surface area contributed by atoms with E-state index in [0.717, 1.165) is 36.4 Å². The third kappa shape index (κ3) is 7.63. The van der Waals surface area contributed by atoms with Gasteiger partial charge in [-0.05, 0) is 72.2 Å². The summed E-state index contributed by atoms with van der Waals surface area (Å²) in [5.41, 5.74) is 5.71. The van der Waals surface area contributed by atoms with Gasteiger partial charge in [0.15, 0.2) is 0 Å². The highest BCUT2D eigenvalue weighted by Gasteiger charge is 2.26. The summed E-state index contributed by atoms with van der Waals surface area (Å²) in [6.45, 7) is 1.55. The zero-order valence-corrected chi connectivity index (χ0v) is 23.3. The first-order valence-electron chi connectivity index (χ1n) is 14.8. The van der Waals surface area contributed by atoms with Crippen LogP contribution in [0.1, 0.15) is 75.3 Å². The van der Waals surface area contributed by atoms with Crippen LogP contribution in [0.5, 0.6) is 5.75 Å². The van der Waals surface area contributed by atoms with E-state index in [1.807, 2.05) is 29.2 Å². The molecule has 0 heterocycles. The number of methoxy groups -OCH3 is 1. The van der Waals surface area contributed by atoms with Crippen molar-refractivity contribution in [3.63, 3.8) is 0 Å². The number of ether oxygens (including phenoxy) is 1. The Bertz CT molecular complexity index is 1160. The normalized spacial score (nSPS) is 16.5. The topological polar surface area (TPSA) is 53.6 Å². The standard InChI is InChI=1S/C34H43N3O2/c1-39-33-22-20-31(21-23-33)36-34(38)37(32-10-6-3-7-11-32)25-27-14-18-29(19-15-27)28-16-12-26(13-17-28)24-35-30-8-4-2-5-9-30/h12-23,30,32,35H,2-11,24-25H2,1H3,(H,36,38). The van der Waals surface area contributed by atoms with E-state index in [4.69, 9.17) is 4.74 Å². The molecule has 0 saturated heterocycles. The van der Waals surface area contributed by atoms with Crippen molar-refractivity contribution >= 4 is 11.7 Å². The van der Waals surface area contributed by atoms with E-state index in [1.54, 1.807) is 7.11 Å². The maximum absolute atomic E-state index is 13.4. The SMILES string of the molecule is COc1ccc(NC(=O)N(Cc2ccc(-c3ccc(CNC4CCCCC4)cc3)cc2)C2CCCCC2)cc1. The molecule has 3 aromatic rings. The fraction of sp³-hybridized carbons (Fsp3) is 0.441. The molecular weight excluding hydrogens is 482 g/mol. The lowest BCUT2D eigenvalue weighted by atomic mass is 9.94. The number of nitrogens with zero attached hydrogens (tertiary/aromatic N) is 1. The predicted octanol–water partition coefficient (Wildman–Crippen LogP) is 8.15. The van der Waals surface area contributed by atoms with Gasteiger partial charge in [-0.2, -0.15) is 0 Å². The Morgan fingerprint density at radius 2 is 1.31 bits per heavy atom. The van der Waals surface area contributed by atoms with E-state index in [-0.39, 0.29) is 12.1 Å². The van der Waals surface area contributed by atoms with Gasteiger partial charge < -0.3 is 20.3 Å². The van der Waals surface area contributed by atoms with Crippen molar-refractivity contribution in [3.05, 3.63) is 83.9 Å². The van der Waals surface area contributed by atoms with Gasteiger partial charge in [-0.15, -0.1) is 0 Å². The summed E-state index contributed by atoms with van der Waals surface area (Å²) >= 11 is 0. The lowest BCUT2D eigenvalue weighted by Crippen LogP contribution is -2.43. The molecular formula is C34H43N3O2.